The first kappa shape index (κ1) is 9.11. The molecule has 0 aliphatic rings. The highest BCUT2D eigenvalue weighted by Crippen LogP contribution is 2.24. The highest BCUT2D eigenvalue weighted by Gasteiger charge is 2.10. The first-order valence-corrected chi connectivity index (χ1v) is 4.96. The van der Waals surface area contributed by atoms with Gasteiger partial charge in [0.05, 0.1) is 30.0 Å². The molecule has 0 atom stereocenters. The van der Waals surface area contributed by atoms with Crippen LogP contribution in [-0.4, -0.2) is 14.6 Å². The van der Waals surface area contributed by atoms with E-state index in [9.17, 15) is 0 Å². The standard InChI is InChI=1S/C11H10N4O/c12-5-11-13-7-10(16-11)8-6-14-15-4-2-1-3-9(8)15/h1-4,6-7H,5,12H2. The predicted molar refractivity (Wildman–Crippen MR) is 58.6 cm³/mol. The molecule has 5 heteroatoms. The zero-order chi connectivity index (χ0) is 11.0. The Kier molecular flexibility index (Phi) is 1.97. The third-order valence-electron chi connectivity index (χ3n) is 2.42. The van der Waals surface area contributed by atoms with Crippen molar-refractivity contribution in [1.82, 2.24) is 14.6 Å². The molecule has 5 nitrogen and oxygen atoms in total. The van der Waals surface area contributed by atoms with Crippen LogP contribution in [0.2, 0.25) is 0 Å². The smallest absolute Gasteiger partial charge is 0.208 e. The Balaban J connectivity index is 2.18. The monoisotopic (exact) mass is 214 g/mol. The SMILES string of the molecule is NCc1ncc(-c2cnn3ccccc23)o1. The van der Waals surface area contributed by atoms with Crippen molar-refractivity contribution >= 4 is 5.52 Å². The number of nitrogens with zero attached hydrogens (tertiary/aromatic N) is 3. The second-order valence-electron chi connectivity index (χ2n) is 3.41. The first-order chi connectivity index (χ1) is 7.88. The summed E-state index contributed by atoms with van der Waals surface area (Å²) in [6.07, 6.45) is 5.32. The molecule has 3 rings (SSSR count). The number of hydrogen-bond donors (Lipinski definition) is 1. The molecular formula is C11H10N4O. The van der Waals surface area contributed by atoms with Gasteiger partial charge < -0.3 is 10.2 Å². The normalized spacial score (nSPS) is 11.1. The third-order valence-corrected chi connectivity index (χ3v) is 2.42. The lowest BCUT2D eigenvalue weighted by molar-refractivity contribution is 0.510. The fraction of sp³-hybridized carbons (Fsp3) is 0.0909. The summed E-state index contributed by atoms with van der Waals surface area (Å²) >= 11 is 0. The maximum atomic E-state index is 5.50. The van der Waals surface area contributed by atoms with E-state index in [0.29, 0.717) is 18.2 Å². The molecule has 0 aliphatic carbocycles. The molecule has 0 aliphatic heterocycles. The molecule has 0 radical (unpaired) electrons. The van der Waals surface area contributed by atoms with Crippen LogP contribution in [0.5, 0.6) is 0 Å². The van der Waals surface area contributed by atoms with Crippen LogP contribution in [0, 0.1) is 0 Å². The van der Waals surface area contributed by atoms with Gasteiger partial charge in [-0.05, 0) is 12.1 Å². The minimum atomic E-state index is 0.305. The second kappa shape index (κ2) is 3.46. The van der Waals surface area contributed by atoms with Gasteiger partial charge in [-0.2, -0.15) is 5.10 Å². The second-order valence-corrected chi connectivity index (χ2v) is 3.41. The van der Waals surface area contributed by atoms with Crippen LogP contribution in [-0.2, 0) is 6.54 Å². The summed E-state index contributed by atoms with van der Waals surface area (Å²) in [5.74, 6) is 1.23. The fourth-order valence-electron chi connectivity index (χ4n) is 1.65. The minimum absolute atomic E-state index is 0.305. The van der Waals surface area contributed by atoms with Crippen LogP contribution in [0.3, 0.4) is 0 Å². The largest absolute Gasteiger partial charge is 0.439 e. The summed E-state index contributed by atoms with van der Waals surface area (Å²) in [4.78, 5) is 4.07. The molecule has 3 aromatic rings. The van der Waals surface area contributed by atoms with Crippen LogP contribution in [0.25, 0.3) is 16.8 Å². The van der Waals surface area contributed by atoms with Gasteiger partial charge in [0.2, 0.25) is 5.89 Å². The minimum Gasteiger partial charge on any atom is -0.439 e. The van der Waals surface area contributed by atoms with Crippen molar-refractivity contribution in [2.45, 2.75) is 6.54 Å². The molecule has 3 heterocycles. The summed E-state index contributed by atoms with van der Waals surface area (Å²) in [5.41, 5.74) is 7.36. The zero-order valence-corrected chi connectivity index (χ0v) is 8.50. The molecule has 0 aromatic carbocycles. The lowest BCUT2D eigenvalue weighted by atomic mass is 10.2. The third kappa shape index (κ3) is 1.30. The number of fused-ring (bicyclic) bond motifs is 1. The van der Waals surface area contributed by atoms with E-state index in [0.717, 1.165) is 11.1 Å². The Morgan fingerprint density at radius 3 is 3.06 bits per heavy atom. The van der Waals surface area contributed by atoms with Crippen molar-refractivity contribution in [3.8, 4) is 11.3 Å². The van der Waals surface area contributed by atoms with Crippen molar-refractivity contribution in [3.05, 3.63) is 42.7 Å². The Labute approximate surface area is 91.5 Å². The molecule has 0 saturated heterocycles. The molecule has 0 bridgehead atoms. The van der Waals surface area contributed by atoms with E-state index >= 15 is 0 Å². The lowest BCUT2D eigenvalue weighted by Crippen LogP contribution is -1.94. The topological polar surface area (TPSA) is 69.3 Å². The Morgan fingerprint density at radius 2 is 2.25 bits per heavy atom. The quantitative estimate of drug-likeness (QED) is 0.701. The summed E-state index contributed by atoms with van der Waals surface area (Å²) in [7, 11) is 0. The van der Waals surface area contributed by atoms with Crippen LogP contribution in [0.15, 0.2) is 41.2 Å². The molecular weight excluding hydrogens is 204 g/mol. The van der Waals surface area contributed by atoms with Gasteiger partial charge in [-0.3, -0.25) is 0 Å². The van der Waals surface area contributed by atoms with Gasteiger partial charge in [0.15, 0.2) is 5.76 Å². The number of oxazole rings is 1. The molecule has 0 amide bonds. The Bertz CT molecular complexity index is 625. The highest BCUT2D eigenvalue weighted by molar-refractivity contribution is 5.76. The number of aromatic nitrogens is 3. The summed E-state index contributed by atoms with van der Waals surface area (Å²) in [5, 5.41) is 4.23. The van der Waals surface area contributed by atoms with E-state index < -0.39 is 0 Å². The summed E-state index contributed by atoms with van der Waals surface area (Å²) < 4.78 is 7.29. The van der Waals surface area contributed by atoms with E-state index in [1.165, 1.54) is 0 Å². The van der Waals surface area contributed by atoms with Crippen molar-refractivity contribution in [2.75, 3.05) is 0 Å². The fourth-order valence-corrected chi connectivity index (χ4v) is 1.65. The van der Waals surface area contributed by atoms with E-state index in [2.05, 4.69) is 10.1 Å². The molecule has 0 saturated carbocycles. The average molecular weight is 214 g/mol. The van der Waals surface area contributed by atoms with E-state index in [-0.39, 0.29) is 0 Å². The molecule has 3 aromatic heterocycles. The molecule has 80 valence electrons. The maximum Gasteiger partial charge on any atom is 0.208 e. The Morgan fingerprint density at radius 1 is 1.31 bits per heavy atom. The van der Waals surface area contributed by atoms with Gasteiger partial charge in [-0.25, -0.2) is 9.50 Å². The van der Waals surface area contributed by atoms with E-state index in [4.69, 9.17) is 10.2 Å². The van der Waals surface area contributed by atoms with Gasteiger partial charge in [0.25, 0.3) is 0 Å². The van der Waals surface area contributed by atoms with Crippen molar-refractivity contribution in [3.63, 3.8) is 0 Å². The van der Waals surface area contributed by atoms with Crippen LogP contribution >= 0.6 is 0 Å². The van der Waals surface area contributed by atoms with Gasteiger partial charge >= 0.3 is 0 Å². The molecule has 0 fully saturated rings. The van der Waals surface area contributed by atoms with Crippen molar-refractivity contribution < 1.29 is 4.42 Å². The average Bonchev–Trinajstić information content (AvgIpc) is 2.94. The number of rotatable bonds is 2. The van der Waals surface area contributed by atoms with E-state index in [1.807, 2.05) is 24.4 Å². The maximum absolute atomic E-state index is 5.50. The van der Waals surface area contributed by atoms with Crippen molar-refractivity contribution in [2.24, 2.45) is 5.73 Å². The number of hydrogen-bond acceptors (Lipinski definition) is 4. The molecule has 0 unspecified atom stereocenters. The van der Waals surface area contributed by atoms with E-state index in [1.54, 1.807) is 16.9 Å². The van der Waals surface area contributed by atoms with Crippen molar-refractivity contribution in [1.29, 1.82) is 0 Å². The Hall–Kier alpha value is -2.14. The highest BCUT2D eigenvalue weighted by atomic mass is 16.4. The van der Waals surface area contributed by atoms with Gasteiger partial charge in [0, 0.05) is 6.20 Å². The van der Waals surface area contributed by atoms with Crippen LogP contribution < -0.4 is 5.73 Å². The number of pyridine rings is 1. The molecule has 16 heavy (non-hydrogen) atoms. The zero-order valence-electron chi connectivity index (χ0n) is 8.50. The van der Waals surface area contributed by atoms with Crippen LogP contribution in [0.4, 0.5) is 0 Å². The molecule has 0 spiro atoms. The lowest BCUT2D eigenvalue weighted by Gasteiger charge is -1.93. The summed E-state index contributed by atoms with van der Waals surface area (Å²) in [6, 6.07) is 5.86. The predicted octanol–water partition coefficient (Wildman–Crippen LogP) is 1.45. The van der Waals surface area contributed by atoms with Crippen LogP contribution in [0.1, 0.15) is 5.89 Å². The first-order valence-electron chi connectivity index (χ1n) is 4.96. The molecule has 2 N–H and O–H groups in total. The van der Waals surface area contributed by atoms with Gasteiger partial charge in [-0.1, -0.05) is 6.07 Å². The van der Waals surface area contributed by atoms with Gasteiger partial charge in [0.1, 0.15) is 0 Å². The van der Waals surface area contributed by atoms with Gasteiger partial charge in [-0.15, -0.1) is 0 Å². The summed E-state index contributed by atoms with van der Waals surface area (Å²) in [6.45, 7) is 0.305. The number of nitrogens with two attached hydrogens (primary N) is 1.